The molecule has 2 atom stereocenters. The van der Waals surface area contributed by atoms with Crippen molar-refractivity contribution in [2.75, 3.05) is 13.2 Å². The summed E-state index contributed by atoms with van der Waals surface area (Å²) in [6, 6.07) is 0.159. The highest BCUT2D eigenvalue weighted by atomic mass is 32.2. The Morgan fingerprint density at radius 2 is 2.05 bits per heavy atom. The van der Waals surface area contributed by atoms with Gasteiger partial charge in [0.05, 0.1) is 28.9 Å². The summed E-state index contributed by atoms with van der Waals surface area (Å²) in [7, 11) is -1.05. The van der Waals surface area contributed by atoms with Crippen molar-refractivity contribution in [2.24, 2.45) is 0 Å². The summed E-state index contributed by atoms with van der Waals surface area (Å²) < 4.78 is 26.1. The van der Waals surface area contributed by atoms with Gasteiger partial charge in [-0.2, -0.15) is 0 Å². The number of nitrogens with one attached hydrogen (secondary N) is 1. The molecule has 4 nitrogen and oxygen atoms in total. The molecule has 1 aliphatic heterocycles. The maximum atomic E-state index is 12.1. The van der Waals surface area contributed by atoms with E-state index in [2.05, 4.69) is 11.3 Å². The van der Waals surface area contributed by atoms with Crippen LogP contribution < -0.4 is 4.72 Å². The summed E-state index contributed by atoms with van der Waals surface area (Å²) in [6.45, 7) is 11.2. The number of ether oxygens (including phenoxy) is 2. The molecule has 1 rings (SSSR count). The van der Waals surface area contributed by atoms with E-state index in [4.69, 9.17) is 9.47 Å². The van der Waals surface area contributed by atoms with Crippen molar-refractivity contribution >= 4 is 11.0 Å². The molecule has 112 valence electrons. The van der Waals surface area contributed by atoms with Gasteiger partial charge in [-0.3, -0.25) is 0 Å². The summed E-state index contributed by atoms with van der Waals surface area (Å²) in [4.78, 5) is 0. The highest BCUT2D eigenvalue weighted by molar-refractivity contribution is 7.84. The number of hydrogen-bond acceptors (Lipinski definition) is 3. The lowest BCUT2D eigenvalue weighted by Crippen LogP contribution is -2.40. The molecule has 5 heteroatoms. The topological polar surface area (TPSA) is 47.6 Å². The Morgan fingerprint density at radius 3 is 2.58 bits per heavy atom. The van der Waals surface area contributed by atoms with Crippen LogP contribution in [0, 0.1) is 0 Å². The van der Waals surface area contributed by atoms with Crippen LogP contribution in [0.15, 0.2) is 12.7 Å². The number of hydrogen-bond donors (Lipinski definition) is 1. The van der Waals surface area contributed by atoms with Gasteiger partial charge >= 0.3 is 0 Å². The number of rotatable bonds is 7. The van der Waals surface area contributed by atoms with Crippen LogP contribution in [-0.4, -0.2) is 34.5 Å². The third kappa shape index (κ3) is 6.65. The molecule has 1 aliphatic rings. The predicted molar refractivity (Wildman–Crippen MR) is 79.2 cm³/mol. The average molecular weight is 289 g/mol. The van der Waals surface area contributed by atoms with Crippen molar-refractivity contribution in [1.29, 1.82) is 0 Å². The minimum Gasteiger partial charge on any atom is -0.353 e. The second-order valence-electron chi connectivity index (χ2n) is 5.82. The zero-order valence-corrected chi connectivity index (χ0v) is 13.1. The molecule has 0 aromatic heterocycles. The largest absolute Gasteiger partial charge is 0.353 e. The molecule has 0 spiro atoms. The van der Waals surface area contributed by atoms with Gasteiger partial charge in [0.25, 0.3) is 0 Å². The summed E-state index contributed by atoms with van der Waals surface area (Å²) in [5.74, 6) is 0. The Hall–Kier alpha value is -0.230. The predicted octanol–water partition coefficient (Wildman–Crippen LogP) is 2.53. The van der Waals surface area contributed by atoms with Gasteiger partial charge in [0.15, 0.2) is 6.29 Å². The normalized spacial score (nSPS) is 21.0. The van der Waals surface area contributed by atoms with Gasteiger partial charge in [0, 0.05) is 6.04 Å². The molecule has 19 heavy (non-hydrogen) atoms. The van der Waals surface area contributed by atoms with Crippen LogP contribution in [0.25, 0.3) is 0 Å². The van der Waals surface area contributed by atoms with Gasteiger partial charge < -0.3 is 9.47 Å². The molecule has 0 aromatic carbocycles. The van der Waals surface area contributed by atoms with E-state index in [0.717, 1.165) is 38.9 Å². The van der Waals surface area contributed by atoms with E-state index < -0.39 is 11.0 Å². The van der Waals surface area contributed by atoms with E-state index in [1.165, 1.54) is 0 Å². The van der Waals surface area contributed by atoms with E-state index in [1.54, 1.807) is 0 Å². The smallest absolute Gasteiger partial charge is 0.157 e. The SMILES string of the molecule is C=CC[C@@H](CCC1OCCCO1)N[S@](=O)C(C)(C)C. The molecule has 0 amide bonds. The Morgan fingerprint density at radius 1 is 1.42 bits per heavy atom. The molecular weight excluding hydrogens is 262 g/mol. The first-order valence-electron chi connectivity index (χ1n) is 6.95. The van der Waals surface area contributed by atoms with Gasteiger partial charge in [0.1, 0.15) is 0 Å². The minimum absolute atomic E-state index is 0.106. The van der Waals surface area contributed by atoms with E-state index in [9.17, 15) is 4.21 Å². The molecule has 0 unspecified atom stereocenters. The van der Waals surface area contributed by atoms with Crippen LogP contribution in [0.5, 0.6) is 0 Å². The van der Waals surface area contributed by atoms with Crippen LogP contribution in [0.3, 0.4) is 0 Å². The Bertz CT molecular complexity index is 296. The van der Waals surface area contributed by atoms with Gasteiger partial charge in [0.2, 0.25) is 0 Å². The molecule has 1 saturated heterocycles. The second-order valence-corrected chi connectivity index (χ2v) is 7.82. The molecule has 0 radical (unpaired) electrons. The van der Waals surface area contributed by atoms with Crippen molar-refractivity contribution in [2.45, 2.75) is 63.5 Å². The zero-order valence-electron chi connectivity index (χ0n) is 12.3. The average Bonchev–Trinajstić information content (AvgIpc) is 2.36. The lowest BCUT2D eigenvalue weighted by Gasteiger charge is -2.27. The Labute approximate surface area is 119 Å². The summed E-state index contributed by atoms with van der Waals surface area (Å²) in [5, 5.41) is 0. The lowest BCUT2D eigenvalue weighted by atomic mass is 10.1. The van der Waals surface area contributed by atoms with Crippen LogP contribution in [0.1, 0.15) is 46.5 Å². The summed E-state index contributed by atoms with van der Waals surface area (Å²) >= 11 is 0. The lowest BCUT2D eigenvalue weighted by molar-refractivity contribution is -0.182. The van der Waals surface area contributed by atoms with E-state index >= 15 is 0 Å². The fourth-order valence-electron chi connectivity index (χ4n) is 1.79. The summed E-state index contributed by atoms with van der Waals surface area (Å²) in [6.07, 6.45) is 5.23. The maximum absolute atomic E-state index is 12.1. The molecule has 1 fully saturated rings. The van der Waals surface area contributed by atoms with Crippen LogP contribution in [0.4, 0.5) is 0 Å². The van der Waals surface area contributed by atoms with Gasteiger partial charge in [-0.05, 0) is 46.5 Å². The first-order valence-corrected chi connectivity index (χ1v) is 8.10. The van der Waals surface area contributed by atoms with E-state index in [-0.39, 0.29) is 17.1 Å². The van der Waals surface area contributed by atoms with E-state index in [1.807, 2.05) is 26.8 Å². The van der Waals surface area contributed by atoms with Crippen LogP contribution in [0.2, 0.25) is 0 Å². The molecule has 0 aliphatic carbocycles. The third-order valence-corrected chi connectivity index (χ3v) is 4.59. The minimum atomic E-state index is -1.05. The first kappa shape index (κ1) is 16.8. The van der Waals surface area contributed by atoms with Crippen molar-refractivity contribution in [1.82, 2.24) is 4.72 Å². The fraction of sp³-hybridized carbons (Fsp3) is 0.857. The zero-order chi connectivity index (χ0) is 14.3. The Balaban J connectivity index is 2.39. The molecule has 0 saturated carbocycles. The van der Waals surface area contributed by atoms with Crippen molar-refractivity contribution in [3.05, 3.63) is 12.7 Å². The van der Waals surface area contributed by atoms with Crippen LogP contribution >= 0.6 is 0 Å². The molecule has 1 N–H and O–H groups in total. The quantitative estimate of drug-likeness (QED) is 0.733. The van der Waals surface area contributed by atoms with Crippen LogP contribution in [-0.2, 0) is 20.5 Å². The molecule has 0 bridgehead atoms. The monoisotopic (exact) mass is 289 g/mol. The standard InChI is InChI=1S/C14H27NO3S/c1-5-7-12(15-19(16)14(2,3)4)8-9-13-17-10-6-11-18-13/h5,12-13,15H,1,6-11H2,2-4H3/t12-,19+/m0/s1. The highest BCUT2D eigenvalue weighted by Gasteiger charge is 2.23. The van der Waals surface area contributed by atoms with Gasteiger partial charge in [-0.25, -0.2) is 8.93 Å². The highest BCUT2D eigenvalue weighted by Crippen LogP contribution is 2.16. The Kier molecular flexibility index (Phi) is 7.21. The second kappa shape index (κ2) is 8.15. The van der Waals surface area contributed by atoms with Crippen molar-refractivity contribution < 1.29 is 13.7 Å². The third-order valence-electron chi connectivity index (χ3n) is 2.93. The van der Waals surface area contributed by atoms with E-state index in [0.29, 0.717) is 0 Å². The first-order chi connectivity index (χ1) is 8.93. The molecular formula is C14H27NO3S. The van der Waals surface area contributed by atoms with Crippen molar-refractivity contribution in [3.8, 4) is 0 Å². The van der Waals surface area contributed by atoms with Gasteiger partial charge in [-0.1, -0.05) is 6.08 Å². The molecule has 0 aromatic rings. The molecule has 1 heterocycles. The van der Waals surface area contributed by atoms with Crippen molar-refractivity contribution in [3.63, 3.8) is 0 Å². The van der Waals surface area contributed by atoms with Gasteiger partial charge in [-0.15, -0.1) is 6.58 Å². The fourth-order valence-corrected chi connectivity index (χ4v) is 2.67. The summed E-state index contributed by atoms with van der Waals surface area (Å²) in [5.41, 5.74) is 0. The maximum Gasteiger partial charge on any atom is 0.157 e.